The molecule has 11 heteroatoms. The van der Waals surface area contributed by atoms with E-state index < -0.39 is 83.4 Å². The van der Waals surface area contributed by atoms with E-state index in [2.05, 4.69) is 0 Å². The number of rotatable bonds is 7. The Morgan fingerprint density at radius 3 is 2.00 bits per heavy atom. The summed E-state index contributed by atoms with van der Waals surface area (Å²) in [6.07, 6.45) is -4.16. The van der Waals surface area contributed by atoms with Gasteiger partial charge in [0.05, 0.1) is 16.8 Å². The number of fused-ring (bicyclic) bond motifs is 1. The summed E-state index contributed by atoms with van der Waals surface area (Å²) >= 11 is 0. The molecule has 2 aliphatic carbocycles. The van der Waals surface area contributed by atoms with Gasteiger partial charge in [0, 0.05) is 33.6 Å². The summed E-state index contributed by atoms with van der Waals surface area (Å²) in [6.45, 7) is 10.1. The van der Waals surface area contributed by atoms with E-state index in [4.69, 9.17) is 28.4 Å². The zero-order valence-corrected chi connectivity index (χ0v) is 24.5. The van der Waals surface area contributed by atoms with Crippen LogP contribution < -0.4 is 0 Å². The third kappa shape index (κ3) is 5.31. The first-order chi connectivity index (χ1) is 19.1. The zero-order chi connectivity index (χ0) is 30.3. The predicted molar refractivity (Wildman–Crippen MR) is 141 cm³/mol. The van der Waals surface area contributed by atoms with Gasteiger partial charge in [-0.3, -0.25) is 19.2 Å². The van der Waals surface area contributed by atoms with Crippen LogP contribution in [0.2, 0.25) is 0 Å². The molecule has 0 aromatic heterocycles. The maximum absolute atomic E-state index is 13.6. The van der Waals surface area contributed by atoms with E-state index in [1.54, 1.807) is 30.3 Å². The minimum absolute atomic E-state index is 0.228. The molecule has 8 atom stereocenters. The van der Waals surface area contributed by atoms with E-state index in [9.17, 15) is 24.0 Å². The number of benzene rings is 1. The molecule has 224 valence electrons. The topological polar surface area (TPSA) is 141 Å². The Morgan fingerprint density at radius 1 is 0.829 bits per heavy atom. The molecule has 3 aliphatic rings. The smallest absolute Gasteiger partial charge is 0.338 e. The summed E-state index contributed by atoms with van der Waals surface area (Å²) in [5, 5.41) is 0. The third-order valence-corrected chi connectivity index (χ3v) is 8.75. The average molecular weight is 575 g/mol. The molecule has 1 heterocycles. The Kier molecular flexibility index (Phi) is 8.23. The first-order valence-electron chi connectivity index (χ1n) is 13.8. The largest absolute Gasteiger partial charge is 0.465 e. The normalized spacial score (nSPS) is 34.9. The molecule has 0 radical (unpaired) electrons. The van der Waals surface area contributed by atoms with Crippen molar-refractivity contribution in [2.24, 2.45) is 17.3 Å². The maximum atomic E-state index is 13.6. The van der Waals surface area contributed by atoms with Crippen LogP contribution in [0.15, 0.2) is 30.3 Å². The van der Waals surface area contributed by atoms with Crippen molar-refractivity contribution >= 4 is 29.8 Å². The Bertz CT molecular complexity index is 1210. The van der Waals surface area contributed by atoms with Gasteiger partial charge in [0.25, 0.3) is 0 Å². The Balaban J connectivity index is 2.01. The first-order valence-corrected chi connectivity index (χ1v) is 13.8. The monoisotopic (exact) mass is 574 g/mol. The van der Waals surface area contributed by atoms with Gasteiger partial charge in [-0.25, -0.2) is 4.79 Å². The van der Waals surface area contributed by atoms with E-state index in [-0.39, 0.29) is 17.9 Å². The number of hydrogen-bond acceptors (Lipinski definition) is 11. The molecule has 41 heavy (non-hydrogen) atoms. The number of carbonyl (C=O) groups excluding carboxylic acids is 5. The second-order valence-electron chi connectivity index (χ2n) is 11.8. The fourth-order valence-electron chi connectivity index (χ4n) is 7.31. The second kappa shape index (κ2) is 11.1. The van der Waals surface area contributed by atoms with E-state index >= 15 is 0 Å². The van der Waals surface area contributed by atoms with Crippen LogP contribution in [0.3, 0.4) is 0 Å². The van der Waals surface area contributed by atoms with Crippen LogP contribution in [0.25, 0.3) is 0 Å². The Labute approximate surface area is 239 Å². The summed E-state index contributed by atoms with van der Waals surface area (Å²) < 4.78 is 36.3. The summed E-state index contributed by atoms with van der Waals surface area (Å²) in [4.78, 5) is 63.4. The van der Waals surface area contributed by atoms with E-state index in [0.29, 0.717) is 6.42 Å². The van der Waals surface area contributed by atoms with Gasteiger partial charge in [-0.15, -0.1) is 0 Å². The van der Waals surface area contributed by atoms with Crippen LogP contribution >= 0.6 is 0 Å². The van der Waals surface area contributed by atoms with E-state index in [1.165, 1.54) is 27.7 Å². The van der Waals surface area contributed by atoms with Crippen molar-refractivity contribution in [1.29, 1.82) is 0 Å². The quantitative estimate of drug-likeness (QED) is 0.350. The lowest BCUT2D eigenvalue weighted by molar-refractivity contribution is -0.307. The molecule has 0 unspecified atom stereocenters. The maximum Gasteiger partial charge on any atom is 0.338 e. The number of carbonyl (C=O) groups is 5. The molecule has 4 rings (SSSR count). The van der Waals surface area contributed by atoms with Crippen molar-refractivity contribution in [1.82, 2.24) is 0 Å². The Morgan fingerprint density at radius 2 is 1.44 bits per heavy atom. The van der Waals surface area contributed by atoms with Crippen LogP contribution in [-0.4, -0.2) is 72.1 Å². The van der Waals surface area contributed by atoms with Gasteiger partial charge >= 0.3 is 29.8 Å². The van der Waals surface area contributed by atoms with Crippen LogP contribution in [-0.2, 0) is 47.6 Å². The fourth-order valence-corrected chi connectivity index (χ4v) is 7.31. The molecule has 1 aromatic carbocycles. The molecule has 0 amide bonds. The number of ether oxygens (including phenoxy) is 6. The minimum atomic E-state index is -1.64. The molecule has 3 fully saturated rings. The van der Waals surface area contributed by atoms with Crippen molar-refractivity contribution < 1.29 is 52.4 Å². The number of esters is 5. The molecule has 1 aromatic rings. The second-order valence-corrected chi connectivity index (χ2v) is 11.8. The zero-order valence-electron chi connectivity index (χ0n) is 24.5. The van der Waals surface area contributed by atoms with Gasteiger partial charge in [0.15, 0.2) is 12.2 Å². The van der Waals surface area contributed by atoms with Crippen molar-refractivity contribution in [3.8, 4) is 0 Å². The van der Waals surface area contributed by atoms with Crippen LogP contribution in [0.1, 0.15) is 71.7 Å². The molecule has 1 spiro atoms. The molecule has 11 nitrogen and oxygen atoms in total. The van der Waals surface area contributed by atoms with Crippen molar-refractivity contribution in [3.05, 3.63) is 35.9 Å². The van der Waals surface area contributed by atoms with Crippen LogP contribution in [0.5, 0.6) is 0 Å². The highest BCUT2D eigenvalue weighted by Crippen LogP contribution is 2.67. The van der Waals surface area contributed by atoms with E-state index in [1.807, 2.05) is 20.8 Å². The standard InChI is InChI=1S/C30H38O11/c1-16-13-23(37-18(3)32)25(40-27(35)21-11-9-8-10-12-21)29(15-36-17(2)31)26(39-20(5)34)24(38-19(4)33)22-14-30(16,29)41-28(22,6)7/h8-12,16,22-26H,13-15H2,1-7H3/t16-,22+,23+,24+,25+,26-,29+,30-/m1/s1. The van der Waals surface area contributed by atoms with Gasteiger partial charge in [-0.05, 0) is 44.7 Å². The van der Waals surface area contributed by atoms with Gasteiger partial charge in [-0.2, -0.15) is 0 Å². The Hall–Kier alpha value is -3.47. The summed E-state index contributed by atoms with van der Waals surface area (Å²) in [7, 11) is 0. The molecule has 0 N–H and O–H groups in total. The molecular formula is C30H38O11. The highest BCUT2D eigenvalue weighted by Gasteiger charge is 2.81. The van der Waals surface area contributed by atoms with Crippen LogP contribution in [0, 0.1) is 17.3 Å². The van der Waals surface area contributed by atoms with Gasteiger partial charge < -0.3 is 28.4 Å². The molecule has 2 bridgehead atoms. The molecule has 2 saturated carbocycles. The average Bonchev–Trinajstić information content (AvgIpc) is 3.13. The van der Waals surface area contributed by atoms with Crippen molar-refractivity contribution in [2.45, 2.75) is 96.9 Å². The van der Waals surface area contributed by atoms with Gasteiger partial charge in [0.1, 0.15) is 24.2 Å². The van der Waals surface area contributed by atoms with Gasteiger partial charge in [-0.1, -0.05) is 25.1 Å². The summed E-state index contributed by atoms with van der Waals surface area (Å²) in [6, 6.07) is 8.23. The third-order valence-electron chi connectivity index (χ3n) is 8.75. The SMILES string of the molecule is CC(=O)OC[C@]12[C@H](OC(C)=O)[C@@H](OC(C)=O)[C@@H]3C[C@@]1(OC3(C)C)[C@H](C)C[C@H](OC(C)=O)[C@@H]2OC(=O)c1ccccc1. The fraction of sp³-hybridized carbons (Fsp3) is 0.633. The molecular weight excluding hydrogens is 536 g/mol. The highest BCUT2D eigenvalue weighted by molar-refractivity contribution is 5.89. The van der Waals surface area contributed by atoms with Crippen LogP contribution in [0.4, 0.5) is 0 Å². The minimum Gasteiger partial charge on any atom is -0.465 e. The number of hydrogen-bond donors (Lipinski definition) is 0. The van der Waals surface area contributed by atoms with E-state index in [0.717, 1.165) is 0 Å². The molecule has 1 aliphatic heterocycles. The highest BCUT2D eigenvalue weighted by atomic mass is 16.6. The van der Waals surface area contributed by atoms with Gasteiger partial charge in [0.2, 0.25) is 0 Å². The lowest BCUT2D eigenvalue weighted by atomic mass is 9.48. The predicted octanol–water partition coefficient (Wildman–Crippen LogP) is 3.16. The van der Waals surface area contributed by atoms with Crippen molar-refractivity contribution in [3.63, 3.8) is 0 Å². The first kappa shape index (κ1) is 30.5. The lowest BCUT2D eigenvalue weighted by Crippen LogP contribution is -2.77. The molecule has 1 saturated heterocycles. The lowest BCUT2D eigenvalue weighted by Gasteiger charge is -2.62. The van der Waals surface area contributed by atoms with Crippen molar-refractivity contribution in [2.75, 3.05) is 6.61 Å². The summed E-state index contributed by atoms with van der Waals surface area (Å²) in [5.41, 5.74) is -3.51. The summed E-state index contributed by atoms with van der Waals surface area (Å²) in [5.74, 6) is -4.11.